The molecule has 0 saturated carbocycles. The molecule has 0 bridgehead atoms. The minimum atomic E-state index is -0.162. The normalized spacial score (nSPS) is 13.5. The topological polar surface area (TPSA) is 29.6 Å². The Kier molecular flexibility index (Phi) is 8.07. The van der Waals surface area contributed by atoms with Crippen LogP contribution in [-0.2, 0) is 18.4 Å². The van der Waals surface area contributed by atoms with Crippen LogP contribution >= 0.6 is 0 Å². The molecule has 0 atom stereocenters. The van der Waals surface area contributed by atoms with Crippen LogP contribution in [0.5, 0.6) is 0 Å². The minimum Gasteiger partial charge on any atom is -0.309 e. The minimum absolute atomic E-state index is 0.162. The molecule has 50 heavy (non-hydrogen) atoms. The monoisotopic (exact) mass is 649 g/mol. The van der Waals surface area contributed by atoms with Gasteiger partial charge in [-0.15, -0.1) is 0 Å². The summed E-state index contributed by atoms with van der Waals surface area (Å²) in [6.07, 6.45) is 3.37. The van der Waals surface area contributed by atoms with Crippen LogP contribution in [0.4, 0.5) is 0 Å². The molecular formula is C47H43N3. The third kappa shape index (κ3) is 5.11. The van der Waals surface area contributed by atoms with Crippen molar-refractivity contribution < 1.29 is 0 Å². The highest BCUT2D eigenvalue weighted by atomic mass is 15.0. The molecule has 0 spiro atoms. The van der Waals surface area contributed by atoms with Gasteiger partial charge in [-0.2, -0.15) is 0 Å². The summed E-state index contributed by atoms with van der Waals surface area (Å²) in [7, 11) is 0. The molecule has 3 heteroatoms. The first kappa shape index (κ1) is 31.7. The second-order valence-electron chi connectivity index (χ2n) is 14.1. The number of unbranched alkanes of at least 4 members (excludes halogenated alkanes) is 1. The van der Waals surface area contributed by atoms with E-state index >= 15 is 0 Å². The van der Waals surface area contributed by atoms with Gasteiger partial charge in [-0.3, -0.25) is 4.99 Å². The maximum Gasteiger partial charge on any atom is 0.154 e. The fraction of sp³-hybridized carbons (Fsp3) is 0.191. The number of aryl methyl sites for hydroxylation is 1. The predicted molar refractivity (Wildman–Crippen MR) is 213 cm³/mol. The molecule has 0 saturated heterocycles. The van der Waals surface area contributed by atoms with Crippen molar-refractivity contribution >= 4 is 34.4 Å². The molecule has 1 aliphatic rings. The predicted octanol–water partition coefficient (Wildman–Crippen LogP) is 12.1. The van der Waals surface area contributed by atoms with Crippen LogP contribution < -0.4 is 0 Å². The van der Waals surface area contributed by atoms with E-state index in [1.54, 1.807) is 0 Å². The van der Waals surface area contributed by atoms with E-state index in [4.69, 9.17) is 4.99 Å². The van der Waals surface area contributed by atoms with Gasteiger partial charge in [0.05, 0.1) is 17.6 Å². The average molecular weight is 650 g/mol. The molecule has 0 aliphatic heterocycles. The lowest BCUT2D eigenvalue weighted by molar-refractivity contribution is 0.664. The van der Waals surface area contributed by atoms with Crippen molar-refractivity contribution in [2.75, 3.05) is 0 Å². The van der Waals surface area contributed by atoms with Crippen molar-refractivity contribution in [2.45, 2.75) is 58.9 Å². The first-order chi connectivity index (χ1) is 24.4. The largest absolute Gasteiger partial charge is 0.309 e. The summed E-state index contributed by atoms with van der Waals surface area (Å²) in [4.78, 5) is 9.44. The maximum atomic E-state index is 5.08. The zero-order valence-electron chi connectivity index (χ0n) is 29.5. The van der Waals surface area contributed by atoms with Gasteiger partial charge in [0.25, 0.3) is 0 Å². The van der Waals surface area contributed by atoms with E-state index in [9.17, 15) is 0 Å². The van der Waals surface area contributed by atoms with Crippen LogP contribution in [0, 0.1) is 6.92 Å². The van der Waals surface area contributed by atoms with E-state index < -0.39 is 0 Å². The van der Waals surface area contributed by atoms with Gasteiger partial charge in [-0.1, -0.05) is 136 Å². The molecule has 1 heterocycles. The summed E-state index contributed by atoms with van der Waals surface area (Å²) in [5, 5.41) is 2.55. The van der Waals surface area contributed by atoms with Crippen LogP contribution in [0.15, 0.2) is 137 Å². The van der Waals surface area contributed by atoms with Crippen molar-refractivity contribution in [2.24, 2.45) is 9.98 Å². The summed E-state index contributed by atoms with van der Waals surface area (Å²) < 4.78 is 2.53. The third-order valence-corrected chi connectivity index (χ3v) is 10.8. The highest BCUT2D eigenvalue weighted by molar-refractivity contribution is 6.13. The second-order valence-corrected chi connectivity index (χ2v) is 14.1. The maximum absolute atomic E-state index is 5.08. The standard InChI is InChI=1S/C47H43N3/c1-6-7-17-32-18-11-12-21-36(32)41-29-35(28-34(31(41)2)30-49-46(48-5)33-19-9-8-10-20-33)50-43-25-16-14-23-38(43)40-27-26-39-37-22-13-15-24-42(37)47(3,4)44(39)45(40)50/h8-16,18-29H,5-7,17,30H2,1-4H3. The van der Waals surface area contributed by atoms with Crippen LogP contribution in [0.1, 0.15) is 67.0 Å². The van der Waals surface area contributed by atoms with Crippen molar-refractivity contribution in [3.8, 4) is 27.9 Å². The number of rotatable bonds is 8. The zero-order valence-corrected chi connectivity index (χ0v) is 29.5. The lowest BCUT2D eigenvalue weighted by Gasteiger charge is -2.24. The van der Waals surface area contributed by atoms with E-state index in [0.29, 0.717) is 12.4 Å². The number of para-hydroxylation sites is 1. The van der Waals surface area contributed by atoms with E-state index in [2.05, 4.69) is 141 Å². The molecule has 0 unspecified atom stereocenters. The van der Waals surface area contributed by atoms with E-state index in [0.717, 1.165) is 30.5 Å². The van der Waals surface area contributed by atoms with E-state index in [-0.39, 0.29) is 5.41 Å². The molecule has 0 fully saturated rings. The molecule has 0 radical (unpaired) electrons. The summed E-state index contributed by atoms with van der Waals surface area (Å²) in [5.74, 6) is 0.662. The molecule has 0 amide bonds. The van der Waals surface area contributed by atoms with Gasteiger partial charge in [0.15, 0.2) is 5.84 Å². The van der Waals surface area contributed by atoms with Gasteiger partial charge < -0.3 is 4.57 Å². The van der Waals surface area contributed by atoms with Gasteiger partial charge in [0, 0.05) is 27.4 Å². The number of amidine groups is 1. The number of benzene rings is 6. The first-order valence-electron chi connectivity index (χ1n) is 17.9. The van der Waals surface area contributed by atoms with Crippen LogP contribution in [0.25, 0.3) is 49.7 Å². The highest BCUT2D eigenvalue weighted by Crippen LogP contribution is 2.53. The summed E-state index contributed by atoms with van der Waals surface area (Å²) >= 11 is 0. The van der Waals surface area contributed by atoms with E-state index in [1.807, 2.05) is 30.3 Å². The van der Waals surface area contributed by atoms with Gasteiger partial charge in [-0.25, -0.2) is 4.99 Å². The quantitative estimate of drug-likeness (QED) is 0.116. The molecule has 0 N–H and O–H groups in total. The van der Waals surface area contributed by atoms with E-state index in [1.165, 1.54) is 71.9 Å². The molecule has 3 nitrogen and oxygen atoms in total. The molecule has 1 aromatic heterocycles. The van der Waals surface area contributed by atoms with Gasteiger partial charge in [-0.05, 0) is 94.8 Å². The zero-order chi connectivity index (χ0) is 34.4. The SMILES string of the molecule is C=NC(=NCc1cc(-n2c3ccccc3c3ccc4c(c32)C(C)(C)c2ccccc2-4)cc(-c2ccccc2CCCC)c1C)c1ccccc1. The lowest BCUT2D eigenvalue weighted by Crippen LogP contribution is -2.16. The number of aromatic nitrogens is 1. The summed E-state index contributed by atoms with van der Waals surface area (Å²) in [6, 6.07) is 46.4. The van der Waals surface area contributed by atoms with Crippen molar-refractivity contribution in [1.82, 2.24) is 4.57 Å². The summed E-state index contributed by atoms with van der Waals surface area (Å²) in [5.41, 5.74) is 16.3. The molecule has 8 rings (SSSR count). The average Bonchev–Trinajstić information content (AvgIpc) is 3.61. The summed E-state index contributed by atoms with van der Waals surface area (Å²) in [6.45, 7) is 13.7. The Labute approximate surface area is 295 Å². The highest BCUT2D eigenvalue weighted by Gasteiger charge is 2.38. The van der Waals surface area contributed by atoms with Crippen LogP contribution in [-0.4, -0.2) is 17.1 Å². The lowest BCUT2D eigenvalue weighted by atomic mass is 9.81. The Morgan fingerprint density at radius 3 is 2.22 bits per heavy atom. The number of hydrogen-bond donors (Lipinski definition) is 0. The third-order valence-electron chi connectivity index (χ3n) is 10.8. The van der Waals surface area contributed by atoms with Gasteiger partial charge in [0.1, 0.15) is 0 Å². The van der Waals surface area contributed by atoms with Crippen molar-refractivity contribution in [1.29, 1.82) is 0 Å². The Hall–Kier alpha value is -5.54. The van der Waals surface area contributed by atoms with Crippen molar-refractivity contribution in [3.05, 3.63) is 161 Å². The van der Waals surface area contributed by atoms with Crippen LogP contribution in [0.3, 0.4) is 0 Å². The van der Waals surface area contributed by atoms with Crippen molar-refractivity contribution in [3.63, 3.8) is 0 Å². The number of aliphatic imine (C=N–C) groups is 2. The fourth-order valence-corrected chi connectivity index (χ4v) is 8.26. The molecular weight excluding hydrogens is 607 g/mol. The Morgan fingerprint density at radius 1 is 0.700 bits per heavy atom. The Bertz CT molecular complexity index is 2440. The molecule has 6 aromatic carbocycles. The fourth-order valence-electron chi connectivity index (χ4n) is 8.26. The Morgan fingerprint density at radius 2 is 1.42 bits per heavy atom. The smallest absolute Gasteiger partial charge is 0.154 e. The van der Waals surface area contributed by atoms with Crippen LogP contribution in [0.2, 0.25) is 0 Å². The second kappa shape index (κ2) is 12.7. The van der Waals surface area contributed by atoms with Gasteiger partial charge in [0.2, 0.25) is 0 Å². The number of fused-ring (bicyclic) bond motifs is 7. The molecule has 1 aliphatic carbocycles. The molecule has 7 aromatic rings. The number of hydrogen-bond acceptors (Lipinski definition) is 1. The molecule has 246 valence electrons. The number of nitrogens with zero attached hydrogens (tertiary/aromatic N) is 3. The first-order valence-corrected chi connectivity index (χ1v) is 17.9. The Balaban J connectivity index is 1.43. The van der Waals surface area contributed by atoms with Gasteiger partial charge >= 0.3 is 0 Å².